The van der Waals surface area contributed by atoms with Crippen molar-refractivity contribution in [1.82, 2.24) is 15.3 Å². The highest BCUT2D eigenvalue weighted by atomic mass is 32.1. The van der Waals surface area contributed by atoms with E-state index in [1.54, 1.807) is 42.9 Å². The predicted molar refractivity (Wildman–Crippen MR) is 129 cm³/mol. The summed E-state index contributed by atoms with van der Waals surface area (Å²) in [5.74, 6) is -0.686. The van der Waals surface area contributed by atoms with Crippen LogP contribution in [0, 0.1) is 21.9 Å². The predicted octanol–water partition coefficient (Wildman–Crippen LogP) is 7.02. The Kier molecular flexibility index (Phi) is 7.61. The van der Waals surface area contributed by atoms with Crippen molar-refractivity contribution < 1.29 is 17.6 Å². The highest BCUT2D eigenvalue weighted by molar-refractivity contribution is 7.18. The lowest BCUT2D eigenvalue weighted by molar-refractivity contribution is 0.627. The van der Waals surface area contributed by atoms with E-state index in [1.165, 1.54) is 43.0 Å². The molecule has 3 aromatic heterocycles. The zero-order valence-corrected chi connectivity index (χ0v) is 19.0. The number of hydrogen-bond donors (Lipinski definition) is 1. The molecule has 0 spiro atoms. The van der Waals surface area contributed by atoms with Crippen LogP contribution in [0.3, 0.4) is 0 Å². The Bertz CT molecular complexity index is 1410. The normalized spacial score (nSPS) is 14.2. The van der Waals surface area contributed by atoms with Crippen LogP contribution < -0.4 is 5.32 Å². The topological polar surface area (TPSA) is 50.2 Å². The van der Waals surface area contributed by atoms with Crippen LogP contribution in [0.4, 0.5) is 17.6 Å². The van der Waals surface area contributed by atoms with E-state index >= 15 is 0 Å². The van der Waals surface area contributed by atoms with E-state index < -0.39 is 0 Å². The van der Waals surface area contributed by atoms with Crippen LogP contribution >= 0.6 is 22.7 Å². The van der Waals surface area contributed by atoms with E-state index in [0.717, 1.165) is 32.1 Å². The molecule has 0 amide bonds. The summed E-state index contributed by atoms with van der Waals surface area (Å²) in [5.41, 5.74) is 0.443. The minimum atomic E-state index is -0.383. The van der Waals surface area contributed by atoms with E-state index in [-0.39, 0.29) is 27.9 Å². The molecule has 172 valence electrons. The molecule has 1 aliphatic heterocycles. The van der Waals surface area contributed by atoms with Crippen molar-refractivity contribution in [3.05, 3.63) is 107 Å². The van der Waals surface area contributed by atoms with Gasteiger partial charge in [-0.05, 0) is 60.0 Å². The lowest BCUT2D eigenvalue weighted by Gasteiger charge is -2.10. The number of aromatic nitrogens is 2. The van der Waals surface area contributed by atoms with Crippen LogP contribution in [-0.2, 0) is 0 Å². The van der Waals surface area contributed by atoms with Crippen molar-refractivity contribution in [3.8, 4) is 0 Å². The van der Waals surface area contributed by atoms with Crippen LogP contribution in [0.2, 0.25) is 0 Å². The second kappa shape index (κ2) is 11.0. The van der Waals surface area contributed by atoms with Crippen molar-refractivity contribution in [2.24, 2.45) is 4.99 Å². The maximum Gasteiger partial charge on any atom is 0.183 e. The average molecular weight is 501 g/mol. The van der Waals surface area contributed by atoms with Crippen LogP contribution in [0.25, 0.3) is 20.2 Å². The molecule has 0 saturated heterocycles. The van der Waals surface area contributed by atoms with Gasteiger partial charge >= 0.3 is 0 Å². The fourth-order valence-corrected chi connectivity index (χ4v) is 4.82. The first-order valence-electron chi connectivity index (χ1n) is 9.87. The molecule has 5 aromatic rings. The molecule has 1 N–H and O–H groups in total. The third-order valence-electron chi connectivity index (χ3n) is 4.55. The van der Waals surface area contributed by atoms with E-state index in [4.69, 9.17) is 0 Å². The van der Waals surface area contributed by atoms with Gasteiger partial charge in [-0.15, -0.1) is 22.7 Å². The summed E-state index contributed by atoms with van der Waals surface area (Å²) in [6.45, 7) is 0. The number of thiophene rings is 2. The molecule has 0 bridgehead atoms. The summed E-state index contributed by atoms with van der Waals surface area (Å²) in [7, 11) is 0. The van der Waals surface area contributed by atoms with Gasteiger partial charge in [-0.3, -0.25) is 4.99 Å². The molecule has 0 fully saturated rings. The molecule has 4 heterocycles. The maximum absolute atomic E-state index is 13.9. The van der Waals surface area contributed by atoms with Gasteiger partial charge in [0.1, 0.15) is 24.0 Å². The molecule has 1 unspecified atom stereocenters. The van der Waals surface area contributed by atoms with Crippen LogP contribution in [0.1, 0.15) is 11.6 Å². The van der Waals surface area contributed by atoms with Crippen molar-refractivity contribution in [3.63, 3.8) is 0 Å². The highest BCUT2D eigenvalue weighted by Gasteiger charge is 2.20. The highest BCUT2D eigenvalue weighted by Crippen LogP contribution is 2.36. The van der Waals surface area contributed by atoms with Gasteiger partial charge in [-0.1, -0.05) is 0 Å². The molecule has 1 atom stereocenters. The largest absolute Gasteiger partial charge is 0.353 e. The lowest BCUT2D eigenvalue weighted by Crippen LogP contribution is -2.09. The number of fused-ring (bicyclic) bond motifs is 2. The molecule has 0 aliphatic carbocycles. The molecule has 1 aliphatic rings. The third-order valence-corrected chi connectivity index (χ3v) is 6.43. The zero-order chi connectivity index (χ0) is 23.9. The molecule has 10 heteroatoms. The molecule has 2 aromatic carbocycles. The fraction of sp³-hybridized carbons (Fsp3) is 0.0417. The van der Waals surface area contributed by atoms with Gasteiger partial charge in [0.2, 0.25) is 0 Å². The second-order valence-corrected chi connectivity index (χ2v) is 8.85. The Morgan fingerprint density at radius 1 is 0.824 bits per heavy atom. The van der Waals surface area contributed by atoms with E-state index in [9.17, 15) is 17.6 Å². The number of aliphatic imine (C=N–C) groups is 1. The summed E-state index contributed by atoms with van der Waals surface area (Å²) in [5, 5.41) is 3.44. The molecular weight excluding hydrogens is 484 g/mol. The first kappa shape index (κ1) is 23.5. The van der Waals surface area contributed by atoms with Crippen molar-refractivity contribution in [2.75, 3.05) is 0 Å². The SMILES string of the molecule is Fc1ccc2sc(F)c(C3C=CNC=N3)c2c1.Fc1ccc2sc(F)cc2c1.c1cncnc1. The van der Waals surface area contributed by atoms with Crippen LogP contribution in [0.15, 0.2) is 84.5 Å². The number of nitrogens with zero attached hydrogens (tertiary/aromatic N) is 3. The summed E-state index contributed by atoms with van der Waals surface area (Å²) in [4.78, 5) is 11.5. The standard InChI is InChI=1S/C12H8F2N2S.C8H4F2S.C4H4N2/c13-7-1-2-10-8(5-7)11(12(14)17-10)9-3-4-15-6-16-9;9-6-1-2-7-5(3-6)4-8(10)11-7;1-2-5-4-6-3-1/h1-6,9H,(H,15,16);1-4H;1-4H. The van der Waals surface area contributed by atoms with Gasteiger partial charge in [0, 0.05) is 38.9 Å². The minimum absolute atomic E-state index is 0.273. The van der Waals surface area contributed by atoms with Gasteiger partial charge in [0.05, 0.1) is 6.34 Å². The van der Waals surface area contributed by atoms with Crippen LogP contribution in [-0.4, -0.2) is 16.3 Å². The van der Waals surface area contributed by atoms with E-state index in [0.29, 0.717) is 16.3 Å². The van der Waals surface area contributed by atoms with Gasteiger partial charge in [-0.2, -0.15) is 8.78 Å². The smallest absolute Gasteiger partial charge is 0.183 e. The fourth-order valence-electron chi connectivity index (χ4n) is 3.10. The molecule has 0 saturated carbocycles. The Morgan fingerprint density at radius 3 is 2.21 bits per heavy atom. The van der Waals surface area contributed by atoms with Crippen molar-refractivity contribution in [2.45, 2.75) is 6.04 Å². The first-order chi connectivity index (χ1) is 16.5. The number of hydrogen-bond acceptors (Lipinski definition) is 6. The number of nitrogens with one attached hydrogen (secondary N) is 1. The van der Waals surface area contributed by atoms with Crippen molar-refractivity contribution >= 4 is 49.2 Å². The Labute approximate surface area is 200 Å². The Hall–Kier alpha value is -3.63. The minimum Gasteiger partial charge on any atom is -0.353 e. The second-order valence-electron chi connectivity index (χ2n) is 6.82. The van der Waals surface area contributed by atoms with Crippen molar-refractivity contribution in [1.29, 1.82) is 0 Å². The van der Waals surface area contributed by atoms with Gasteiger partial charge in [0.25, 0.3) is 0 Å². The lowest BCUT2D eigenvalue weighted by atomic mass is 10.1. The average Bonchev–Trinajstić information content (AvgIpc) is 3.38. The number of benzene rings is 2. The molecule has 0 radical (unpaired) electrons. The van der Waals surface area contributed by atoms with E-state index in [2.05, 4.69) is 20.3 Å². The quantitative estimate of drug-likeness (QED) is 0.252. The Morgan fingerprint density at radius 2 is 1.56 bits per heavy atom. The number of rotatable bonds is 1. The van der Waals surface area contributed by atoms with Gasteiger partial charge < -0.3 is 5.32 Å². The molecule has 34 heavy (non-hydrogen) atoms. The van der Waals surface area contributed by atoms with E-state index in [1.807, 2.05) is 0 Å². The summed E-state index contributed by atoms with van der Waals surface area (Å²) < 4.78 is 53.7. The first-order valence-corrected chi connectivity index (χ1v) is 11.5. The Balaban J connectivity index is 0.000000137. The molecule has 4 nitrogen and oxygen atoms in total. The number of halogens is 4. The van der Waals surface area contributed by atoms with Gasteiger partial charge in [-0.25, -0.2) is 18.7 Å². The molecular formula is C24H16F4N4S2. The van der Waals surface area contributed by atoms with Crippen LogP contribution in [0.5, 0.6) is 0 Å². The van der Waals surface area contributed by atoms with Gasteiger partial charge in [0.15, 0.2) is 10.3 Å². The maximum atomic E-state index is 13.9. The monoisotopic (exact) mass is 500 g/mol. The summed E-state index contributed by atoms with van der Waals surface area (Å²) in [6, 6.07) is 11.3. The summed E-state index contributed by atoms with van der Waals surface area (Å²) in [6.07, 6.45) is 9.82. The third kappa shape index (κ3) is 5.83. The zero-order valence-electron chi connectivity index (χ0n) is 17.3. The molecule has 6 rings (SSSR count). The summed E-state index contributed by atoms with van der Waals surface area (Å²) >= 11 is 2.05.